The van der Waals surface area contributed by atoms with Gasteiger partial charge in [-0.25, -0.2) is 0 Å². The molecule has 0 heterocycles. The first kappa shape index (κ1) is 59.7. The monoisotopic (exact) mass is 830 g/mol. The minimum absolute atomic E-state index is 0. The third-order valence-corrected chi connectivity index (χ3v) is 10.4. The van der Waals surface area contributed by atoms with E-state index < -0.39 is 45.5 Å². The number of hydrogen-bond acceptors (Lipinski definition) is 12. The molecule has 0 N–H and O–H groups in total. The standard InChI is InChI=1S/4C10H18O3.Zr/c4*1-4-7-8(11)10(5-2,6-3)9(12)13;/h4*4-7H2,1-3H3,(H,12,13);/q;;;;+4/p-4. The maximum Gasteiger partial charge on any atom is 4.00 e. The smallest absolute Gasteiger partial charge is 0.549 e. The maximum atomic E-state index is 11.5. The van der Waals surface area contributed by atoms with Crippen LogP contribution in [0.1, 0.15) is 186 Å². The largest absolute Gasteiger partial charge is 4.00 e. The molecule has 0 fully saturated rings. The van der Waals surface area contributed by atoms with Crippen LogP contribution in [0.2, 0.25) is 0 Å². The predicted octanol–water partition coefficient (Wildman–Crippen LogP) is 3.65. The normalized spacial score (nSPS) is 11.1. The van der Waals surface area contributed by atoms with Crippen molar-refractivity contribution in [3.8, 4) is 0 Å². The van der Waals surface area contributed by atoms with Crippen molar-refractivity contribution in [3.05, 3.63) is 0 Å². The molecule has 0 unspecified atom stereocenters. The van der Waals surface area contributed by atoms with Crippen LogP contribution in [0.5, 0.6) is 0 Å². The SMILES string of the molecule is CCCC(=O)C(CC)(CC)C(=O)[O-].CCCC(=O)C(CC)(CC)C(=O)[O-].CCCC(=O)C(CC)(CC)C(=O)[O-].CCCC(=O)C(CC)(CC)C(=O)[O-].[Zr+4]. The van der Waals surface area contributed by atoms with Crippen LogP contribution in [0.25, 0.3) is 0 Å². The van der Waals surface area contributed by atoms with Crippen LogP contribution >= 0.6 is 0 Å². The number of hydrogen-bond donors (Lipinski definition) is 0. The molecule has 0 aromatic heterocycles. The molecule has 12 nitrogen and oxygen atoms in total. The molecule has 53 heavy (non-hydrogen) atoms. The minimum Gasteiger partial charge on any atom is -0.549 e. The van der Waals surface area contributed by atoms with Gasteiger partial charge in [0.1, 0.15) is 23.1 Å². The third kappa shape index (κ3) is 16.8. The van der Waals surface area contributed by atoms with Gasteiger partial charge in [-0.15, -0.1) is 0 Å². The van der Waals surface area contributed by atoms with Gasteiger partial charge in [0.05, 0.1) is 45.5 Å². The van der Waals surface area contributed by atoms with Crippen molar-refractivity contribution < 1.29 is 85.0 Å². The number of carbonyl (C=O) groups is 8. The number of carboxylic acid groups (broad SMARTS) is 4. The van der Waals surface area contributed by atoms with Gasteiger partial charge in [0.15, 0.2) is 0 Å². The second-order valence-electron chi connectivity index (χ2n) is 13.0. The zero-order valence-electron chi connectivity index (χ0n) is 34.7. The van der Waals surface area contributed by atoms with Gasteiger partial charge < -0.3 is 39.6 Å². The van der Waals surface area contributed by atoms with Gasteiger partial charge >= 0.3 is 26.2 Å². The molecule has 0 aliphatic rings. The molecule has 0 amide bonds. The van der Waals surface area contributed by atoms with Crippen molar-refractivity contribution in [2.45, 2.75) is 186 Å². The quantitative estimate of drug-likeness (QED) is 0.127. The molecule has 0 aliphatic carbocycles. The van der Waals surface area contributed by atoms with E-state index in [2.05, 4.69) is 0 Å². The zero-order chi connectivity index (χ0) is 41.9. The van der Waals surface area contributed by atoms with E-state index in [1.165, 1.54) is 0 Å². The number of aliphatic carboxylic acids is 4. The Kier molecular flexibility index (Phi) is 34.6. The van der Waals surface area contributed by atoms with E-state index in [-0.39, 0.29) is 49.3 Å². The molecule has 0 aromatic rings. The minimum atomic E-state index is -1.24. The van der Waals surface area contributed by atoms with Gasteiger partial charge in [0.25, 0.3) is 0 Å². The Hall–Kier alpha value is -2.56. The van der Waals surface area contributed by atoms with E-state index in [1.807, 2.05) is 27.7 Å². The van der Waals surface area contributed by atoms with E-state index in [1.54, 1.807) is 55.4 Å². The van der Waals surface area contributed by atoms with Gasteiger partial charge in [-0.1, -0.05) is 83.1 Å². The first-order valence-corrected chi connectivity index (χ1v) is 19.2. The summed E-state index contributed by atoms with van der Waals surface area (Å²) in [6, 6.07) is 0. The van der Waals surface area contributed by atoms with Crippen molar-refractivity contribution in [3.63, 3.8) is 0 Å². The van der Waals surface area contributed by atoms with Crippen molar-refractivity contribution in [1.29, 1.82) is 0 Å². The van der Waals surface area contributed by atoms with Crippen LogP contribution in [0.3, 0.4) is 0 Å². The summed E-state index contributed by atoms with van der Waals surface area (Å²) in [5.74, 6) is -5.68. The summed E-state index contributed by atoms with van der Waals surface area (Å²) in [6.45, 7) is 21.2. The van der Waals surface area contributed by atoms with Gasteiger partial charge in [-0.2, -0.15) is 0 Å². The topological polar surface area (TPSA) is 229 Å². The fourth-order valence-electron chi connectivity index (χ4n) is 6.05. The van der Waals surface area contributed by atoms with Gasteiger partial charge in [-0.05, 0) is 77.0 Å². The summed E-state index contributed by atoms with van der Waals surface area (Å²) in [5.41, 5.74) is -4.96. The number of carboxylic acids is 4. The maximum absolute atomic E-state index is 11.5. The van der Waals surface area contributed by atoms with Gasteiger partial charge in [0, 0.05) is 25.7 Å². The van der Waals surface area contributed by atoms with Crippen LogP contribution in [0, 0.1) is 21.7 Å². The van der Waals surface area contributed by atoms with Crippen molar-refractivity contribution in [2.75, 3.05) is 0 Å². The van der Waals surface area contributed by atoms with Gasteiger partial charge in [-0.3, -0.25) is 19.2 Å². The number of Topliss-reactive ketones (excluding diaryl/α,β-unsaturated/α-hetero) is 4. The Morgan fingerprint density at radius 1 is 0.302 bits per heavy atom. The molecule has 0 bridgehead atoms. The first-order chi connectivity index (χ1) is 24.2. The van der Waals surface area contributed by atoms with E-state index >= 15 is 0 Å². The third-order valence-electron chi connectivity index (χ3n) is 10.4. The van der Waals surface area contributed by atoms with Gasteiger partial charge in [0.2, 0.25) is 0 Å². The first-order valence-electron chi connectivity index (χ1n) is 19.2. The molecule has 0 spiro atoms. The second-order valence-corrected chi connectivity index (χ2v) is 13.0. The van der Waals surface area contributed by atoms with Crippen molar-refractivity contribution >= 4 is 47.0 Å². The summed E-state index contributed by atoms with van der Waals surface area (Å²) in [5, 5.41) is 43.5. The van der Waals surface area contributed by atoms with Crippen LogP contribution < -0.4 is 20.4 Å². The summed E-state index contributed by atoms with van der Waals surface area (Å²) >= 11 is 0. The zero-order valence-corrected chi connectivity index (χ0v) is 37.2. The average Bonchev–Trinajstić information content (AvgIpc) is 3.09. The number of carbonyl (C=O) groups excluding carboxylic acids is 8. The fraction of sp³-hybridized carbons (Fsp3) is 0.800. The molecule has 0 saturated heterocycles. The molecular weight excluding hydrogens is 764 g/mol. The Morgan fingerprint density at radius 2 is 0.415 bits per heavy atom. The summed E-state index contributed by atoms with van der Waals surface area (Å²) in [4.78, 5) is 89.7. The Labute approximate surface area is 338 Å². The number of ketones is 4. The molecule has 0 saturated carbocycles. The van der Waals surface area contributed by atoms with Crippen LogP contribution in [0.15, 0.2) is 0 Å². The Bertz CT molecular complexity index is 953. The molecule has 0 aromatic carbocycles. The molecule has 0 atom stereocenters. The molecule has 0 aliphatic heterocycles. The molecule has 13 heteroatoms. The van der Waals surface area contributed by atoms with Crippen molar-refractivity contribution in [1.82, 2.24) is 0 Å². The van der Waals surface area contributed by atoms with E-state index in [0.29, 0.717) is 103 Å². The summed E-state index contributed by atoms with van der Waals surface area (Å²) in [7, 11) is 0. The van der Waals surface area contributed by atoms with Crippen LogP contribution in [-0.2, 0) is 64.6 Å². The molecule has 0 rings (SSSR count). The Balaban J connectivity index is -0.000000192. The van der Waals surface area contributed by atoms with E-state index in [4.69, 9.17) is 0 Å². The summed E-state index contributed by atoms with van der Waals surface area (Å²) in [6.07, 6.45) is 6.66. The molecular formula is C40H68O12Zr. The van der Waals surface area contributed by atoms with Crippen LogP contribution in [-0.4, -0.2) is 47.0 Å². The number of rotatable bonds is 24. The summed E-state index contributed by atoms with van der Waals surface area (Å²) < 4.78 is 0. The molecule has 0 radical (unpaired) electrons. The van der Waals surface area contributed by atoms with Crippen LogP contribution in [0.4, 0.5) is 0 Å². The molecule has 304 valence electrons. The van der Waals surface area contributed by atoms with E-state index in [9.17, 15) is 58.8 Å². The predicted molar refractivity (Wildman–Crippen MR) is 192 cm³/mol. The fourth-order valence-corrected chi connectivity index (χ4v) is 6.05. The van der Waals surface area contributed by atoms with E-state index in [0.717, 1.165) is 0 Å². The second kappa shape index (κ2) is 30.7. The average molecular weight is 832 g/mol. The Morgan fingerprint density at radius 3 is 0.472 bits per heavy atom. The van der Waals surface area contributed by atoms with Crippen molar-refractivity contribution in [2.24, 2.45) is 21.7 Å².